The average Bonchev–Trinajstić information content (AvgIpc) is 3.05. The molecule has 2 aromatic rings. The van der Waals surface area contributed by atoms with E-state index in [-0.39, 0.29) is 25.3 Å². The second-order valence-electron chi connectivity index (χ2n) is 16.0. The predicted octanol–water partition coefficient (Wildman–Crippen LogP) is 3.81. The van der Waals surface area contributed by atoms with Crippen LogP contribution in [0.5, 0.6) is 0 Å². The highest BCUT2D eigenvalue weighted by molar-refractivity contribution is 7.92. The molecule has 50 heavy (non-hydrogen) atoms. The van der Waals surface area contributed by atoms with Crippen LogP contribution in [0.1, 0.15) is 84.3 Å². The Morgan fingerprint density at radius 1 is 0.880 bits per heavy atom. The van der Waals surface area contributed by atoms with E-state index in [2.05, 4.69) is 20.9 Å². The van der Waals surface area contributed by atoms with Crippen molar-refractivity contribution in [1.29, 1.82) is 0 Å². The summed E-state index contributed by atoms with van der Waals surface area (Å²) in [5.41, 5.74) is 1.40. The van der Waals surface area contributed by atoms with Crippen LogP contribution < -0.4 is 16.0 Å². The number of hydrogen-bond acceptors (Lipinski definition) is 7. The van der Waals surface area contributed by atoms with E-state index in [9.17, 15) is 27.9 Å². The summed E-state index contributed by atoms with van der Waals surface area (Å²) in [4.78, 5) is 43.1. The number of nitrogens with one attached hydrogen (secondary N) is 3. The molecule has 1 saturated heterocycles. The zero-order valence-corrected chi connectivity index (χ0v) is 31.5. The fourth-order valence-corrected chi connectivity index (χ4v) is 7.91. The van der Waals surface area contributed by atoms with E-state index in [0.29, 0.717) is 31.2 Å². The van der Waals surface area contributed by atoms with Crippen molar-refractivity contribution >= 4 is 27.6 Å². The van der Waals surface area contributed by atoms with Gasteiger partial charge in [0.1, 0.15) is 6.04 Å². The number of β-amino-alcohol motifs (C(OH)–C–C–N with tert-alkyl or cyclic N) is 1. The van der Waals surface area contributed by atoms with Crippen LogP contribution >= 0.6 is 0 Å². The quantitative estimate of drug-likeness (QED) is 0.234. The highest BCUT2D eigenvalue weighted by Crippen LogP contribution is 2.39. The van der Waals surface area contributed by atoms with Gasteiger partial charge in [0.15, 0.2) is 9.84 Å². The Morgan fingerprint density at radius 2 is 1.46 bits per heavy atom. The molecule has 276 valence electrons. The number of fused-ring (bicyclic) bond motifs is 1. The topological polar surface area (TPSA) is 145 Å². The first-order valence-corrected chi connectivity index (χ1v) is 19.9. The number of benzene rings is 2. The fraction of sp³-hybridized carbons (Fsp3) is 0.615. The number of piperidine rings is 1. The number of aliphatic hydroxyl groups is 1. The molecular formula is C39H58N4O6S. The molecule has 4 rings (SSSR count). The minimum absolute atomic E-state index is 0.0643. The molecule has 1 saturated carbocycles. The average molecular weight is 711 g/mol. The molecule has 2 aliphatic rings. The number of hydrogen-bond donors (Lipinski definition) is 4. The number of amides is 3. The number of rotatable bonds is 14. The van der Waals surface area contributed by atoms with E-state index < -0.39 is 56.2 Å². The molecule has 0 unspecified atom stereocenters. The summed E-state index contributed by atoms with van der Waals surface area (Å²) in [5.74, 6) is -0.319. The molecule has 1 heterocycles. The van der Waals surface area contributed by atoms with Crippen molar-refractivity contribution in [3.8, 4) is 0 Å². The standard InChI is InChI=1S/C39H58N4O6S/c1-38(2,3)42-36(46)32-24-29-19-13-14-20-30(29)25-43(32)26-33(44)31(23-28-17-11-8-12-18-28)40-37(47)35(39(4,5)50(6,48)49)41-34(45)22-21-27-15-9-7-10-16-27/h7-12,15-18,29-33,35,44H,13-14,19-26H2,1-6H3,(H,40,47)(H,41,45)(H,42,46)/t29-,30+,31-,32-,33+,35+/m0/s1. The fourth-order valence-electron chi connectivity index (χ4n) is 7.32. The molecular weight excluding hydrogens is 653 g/mol. The third-order valence-electron chi connectivity index (χ3n) is 10.5. The van der Waals surface area contributed by atoms with Crippen molar-refractivity contribution in [2.75, 3.05) is 19.3 Å². The molecule has 2 aromatic carbocycles. The predicted molar refractivity (Wildman–Crippen MR) is 197 cm³/mol. The number of likely N-dealkylation sites (tertiary alicyclic amines) is 1. The van der Waals surface area contributed by atoms with Crippen molar-refractivity contribution in [3.63, 3.8) is 0 Å². The van der Waals surface area contributed by atoms with Crippen LogP contribution in [0.2, 0.25) is 0 Å². The van der Waals surface area contributed by atoms with Gasteiger partial charge in [-0.05, 0) is 83.3 Å². The van der Waals surface area contributed by atoms with Crippen LogP contribution in [0.15, 0.2) is 60.7 Å². The summed E-state index contributed by atoms with van der Waals surface area (Å²) in [6, 6.07) is 16.2. The van der Waals surface area contributed by atoms with Crippen LogP contribution in [0.4, 0.5) is 0 Å². The Balaban J connectivity index is 1.58. The summed E-state index contributed by atoms with van der Waals surface area (Å²) in [6.07, 6.45) is 5.93. The number of carbonyl (C=O) groups excluding carboxylic acids is 3. The number of aryl methyl sites for hydroxylation is 1. The van der Waals surface area contributed by atoms with Gasteiger partial charge < -0.3 is 21.1 Å². The molecule has 3 amide bonds. The van der Waals surface area contributed by atoms with Gasteiger partial charge in [-0.3, -0.25) is 19.3 Å². The van der Waals surface area contributed by atoms with Crippen molar-refractivity contribution in [2.24, 2.45) is 11.8 Å². The number of sulfone groups is 1. The van der Waals surface area contributed by atoms with E-state index in [0.717, 1.165) is 43.1 Å². The first kappa shape index (κ1) is 39.5. The molecule has 4 N–H and O–H groups in total. The summed E-state index contributed by atoms with van der Waals surface area (Å²) >= 11 is 0. The summed E-state index contributed by atoms with van der Waals surface area (Å²) in [7, 11) is -3.83. The molecule has 2 fully saturated rings. The Kier molecular flexibility index (Phi) is 13.3. The minimum atomic E-state index is -3.83. The lowest BCUT2D eigenvalue weighted by Gasteiger charge is -2.47. The highest BCUT2D eigenvalue weighted by Gasteiger charge is 2.46. The van der Waals surface area contributed by atoms with Crippen LogP contribution in [-0.4, -0.2) is 90.0 Å². The Morgan fingerprint density at radius 3 is 2.04 bits per heavy atom. The van der Waals surface area contributed by atoms with Gasteiger partial charge in [-0.2, -0.15) is 0 Å². The maximum Gasteiger partial charge on any atom is 0.244 e. The van der Waals surface area contributed by atoms with Gasteiger partial charge in [0.2, 0.25) is 17.7 Å². The van der Waals surface area contributed by atoms with E-state index in [1.807, 2.05) is 81.4 Å². The summed E-state index contributed by atoms with van der Waals surface area (Å²) < 4.78 is 24.4. The zero-order chi connectivity index (χ0) is 36.7. The van der Waals surface area contributed by atoms with Crippen LogP contribution in [0.3, 0.4) is 0 Å². The third kappa shape index (κ3) is 10.9. The Bertz CT molecular complexity index is 1540. The molecule has 11 heteroatoms. The van der Waals surface area contributed by atoms with Gasteiger partial charge in [-0.15, -0.1) is 0 Å². The van der Waals surface area contributed by atoms with Gasteiger partial charge in [-0.25, -0.2) is 8.42 Å². The summed E-state index contributed by atoms with van der Waals surface area (Å²) in [6.45, 7) is 9.55. The zero-order valence-electron chi connectivity index (χ0n) is 30.7. The first-order valence-electron chi connectivity index (χ1n) is 18.1. The maximum atomic E-state index is 14.2. The number of nitrogens with zero attached hydrogens (tertiary/aromatic N) is 1. The molecule has 10 nitrogen and oxygen atoms in total. The molecule has 0 aromatic heterocycles. The van der Waals surface area contributed by atoms with E-state index >= 15 is 0 Å². The van der Waals surface area contributed by atoms with Crippen LogP contribution in [-0.2, 0) is 37.1 Å². The molecule has 1 aliphatic carbocycles. The van der Waals surface area contributed by atoms with E-state index in [1.165, 1.54) is 13.8 Å². The van der Waals surface area contributed by atoms with Crippen molar-refractivity contribution in [1.82, 2.24) is 20.9 Å². The molecule has 0 bridgehead atoms. The smallest absolute Gasteiger partial charge is 0.244 e. The van der Waals surface area contributed by atoms with E-state index in [4.69, 9.17) is 0 Å². The second-order valence-corrected chi connectivity index (χ2v) is 18.6. The third-order valence-corrected chi connectivity index (χ3v) is 12.7. The lowest BCUT2D eigenvalue weighted by Crippen LogP contribution is -2.64. The second kappa shape index (κ2) is 16.8. The monoisotopic (exact) mass is 710 g/mol. The normalized spacial score (nSPS) is 22.0. The minimum Gasteiger partial charge on any atom is -0.390 e. The van der Waals surface area contributed by atoms with Crippen molar-refractivity contribution in [2.45, 2.75) is 121 Å². The lowest BCUT2D eigenvalue weighted by atomic mass is 9.72. The van der Waals surface area contributed by atoms with Crippen molar-refractivity contribution < 1.29 is 27.9 Å². The Labute approximate surface area is 299 Å². The molecule has 1 aliphatic heterocycles. The van der Waals surface area contributed by atoms with Gasteiger partial charge in [0.25, 0.3) is 0 Å². The largest absolute Gasteiger partial charge is 0.390 e. The number of aliphatic hydroxyl groups excluding tert-OH is 1. The summed E-state index contributed by atoms with van der Waals surface area (Å²) in [5, 5.41) is 20.8. The van der Waals surface area contributed by atoms with Gasteiger partial charge in [-0.1, -0.05) is 79.9 Å². The SMILES string of the molecule is CC(C)(C)NC(=O)[C@@H]1C[C@@H]2CCCC[C@@H]2CN1C[C@@H](O)[C@H](Cc1ccccc1)NC(=O)[C@@H](NC(=O)CCc1ccccc1)C(C)(C)S(C)(=O)=O. The van der Waals surface area contributed by atoms with Crippen LogP contribution in [0, 0.1) is 11.8 Å². The molecule has 0 spiro atoms. The first-order chi connectivity index (χ1) is 23.4. The van der Waals surface area contributed by atoms with Crippen molar-refractivity contribution in [3.05, 3.63) is 71.8 Å². The van der Waals surface area contributed by atoms with E-state index in [1.54, 1.807) is 0 Å². The molecule has 0 radical (unpaired) electrons. The molecule has 6 atom stereocenters. The van der Waals surface area contributed by atoms with Gasteiger partial charge in [0, 0.05) is 31.3 Å². The Hall–Kier alpha value is -3.28. The lowest BCUT2D eigenvalue weighted by molar-refractivity contribution is -0.133. The maximum absolute atomic E-state index is 14.2. The highest BCUT2D eigenvalue weighted by atomic mass is 32.2. The van der Waals surface area contributed by atoms with Crippen LogP contribution in [0.25, 0.3) is 0 Å². The number of carbonyl (C=O) groups is 3. The van der Waals surface area contributed by atoms with Gasteiger partial charge in [0.05, 0.1) is 22.9 Å². The van der Waals surface area contributed by atoms with Gasteiger partial charge >= 0.3 is 0 Å².